The molecule has 0 unspecified atom stereocenters. The number of aromatic amines is 1. The van der Waals surface area contributed by atoms with E-state index in [1.165, 1.54) is 6.33 Å². The van der Waals surface area contributed by atoms with Gasteiger partial charge in [0.05, 0.1) is 5.56 Å². The van der Waals surface area contributed by atoms with E-state index in [4.69, 9.17) is 0 Å². The molecular weight excluding hydrogens is 292 g/mol. The van der Waals surface area contributed by atoms with Crippen molar-refractivity contribution in [2.75, 3.05) is 5.32 Å². The molecule has 0 aliphatic carbocycles. The third-order valence-electron chi connectivity index (χ3n) is 3.64. The van der Waals surface area contributed by atoms with Gasteiger partial charge in [-0.3, -0.25) is 15.2 Å². The number of hydrogen-bond acceptors (Lipinski definition) is 4. The number of carbonyl (C=O) groups excluding carboxylic acids is 1. The van der Waals surface area contributed by atoms with E-state index in [9.17, 15) is 9.90 Å². The van der Waals surface area contributed by atoms with Crippen molar-refractivity contribution in [1.29, 1.82) is 0 Å². The van der Waals surface area contributed by atoms with Crippen molar-refractivity contribution in [2.24, 2.45) is 5.41 Å². The van der Waals surface area contributed by atoms with Gasteiger partial charge in [-0.15, -0.1) is 5.10 Å². The standard InChI is InChI=1S/C17H24N4O2/c1-16(2,3)9-17(4,5)11-6-7-13(22)12(8-11)14(23)20-15-18-10-19-21-15/h6-8,10,22H,9H2,1-5H3,(H2,18,19,20,21,23). The van der Waals surface area contributed by atoms with Crippen LogP contribution in [0.5, 0.6) is 5.75 Å². The van der Waals surface area contributed by atoms with E-state index < -0.39 is 5.91 Å². The molecule has 0 saturated carbocycles. The molecule has 2 rings (SSSR count). The zero-order valence-electron chi connectivity index (χ0n) is 14.3. The van der Waals surface area contributed by atoms with Crippen molar-refractivity contribution in [3.8, 4) is 5.75 Å². The topological polar surface area (TPSA) is 90.9 Å². The number of anilines is 1. The van der Waals surface area contributed by atoms with Crippen LogP contribution in [0.4, 0.5) is 5.95 Å². The minimum absolute atomic E-state index is 0.0617. The number of amides is 1. The van der Waals surface area contributed by atoms with Gasteiger partial charge in [0.2, 0.25) is 5.95 Å². The van der Waals surface area contributed by atoms with Gasteiger partial charge < -0.3 is 5.11 Å². The first-order chi connectivity index (χ1) is 10.6. The summed E-state index contributed by atoms with van der Waals surface area (Å²) in [6.07, 6.45) is 2.32. The third-order valence-corrected chi connectivity index (χ3v) is 3.64. The number of rotatable bonds is 4. The highest BCUT2D eigenvalue weighted by Crippen LogP contribution is 2.37. The predicted octanol–water partition coefficient (Wildman–Crippen LogP) is 3.48. The number of carbonyl (C=O) groups is 1. The quantitative estimate of drug-likeness (QED) is 0.805. The Morgan fingerprint density at radius 2 is 1.96 bits per heavy atom. The van der Waals surface area contributed by atoms with Crippen LogP contribution in [0.15, 0.2) is 24.5 Å². The zero-order valence-corrected chi connectivity index (χ0v) is 14.3. The molecule has 6 heteroatoms. The van der Waals surface area contributed by atoms with E-state index in [2.05, 4.69) is 55.1 Å². The molecule has 1 aromatic carbocycles. The summed E-state index contributed by atoms with van der Waals surface area (Å²) in [6, 6.07) is 5.17. The minimum atomic E-state index is -0.435. The van der Waals surface area contributed by atoms with Crippen LogP contribution in [0.25, 0.3) is 0 Å². The van der Waals surface area contributed by atoms with Crippen molar-refractivity contribution in [1.82, 2.24) is 15.2 Å². The van der Waals surface area contributed by atoms with Crippen LogP contribution in [-0.4, -0.2) is 26.2 Å². The highest BCUT2D eigenvalue weighted by molar-refractivity contribution is 6.05. The first-order valence-electron chi connectivity index (χ1n) is 7.59. The van der Waals surface area contributed by atoms with E-state index in [0.717, 1.165) is 12.0 Å². The molecule has 0 radical (unpaired) electrons. The predicted molar refractivity (Wildman–Crippen MR) is 89.5 cm³/mol. The van der Waals surface area contributed by atoms with Crippen molar-refractivity contribution >= 4 is 11.9 Å². The van der Waals surface area contributed by atoms with Crippen LogP contribution in [0, 0.1) is 5.41 Å². The summed E-state index contributed by atoms with van der Waals surface area (Å²) in [5.41, 5.74) is 1.26. The largest absolute Gasteiger partial charge is 0.507 e. The maximum absolute atomic E-state index is 12.3. The lowest BCUT2D eigenvalue weighted by atomic mass is 9.72. The van der Waals surface area contributed by atoms with Crippen LogP contribution in [0.2, 0.25) is 0 Å². The Hall–Kier alpha value is -2.37. The number of benzene rings is 1. The van der Waals surface area contributed by atoms with E-state index in [-0.39, 0.29) is 28.1 Å². The maximum atomic E-state index is 12.3. The normalized spacial score (nSPS) is 12.2. The van der Waals surface area contributed by atoms with E-state index in [0.29, 0.717) is 0 Å². The van der Waals surface area contributed by atoms with Crippen LogP contribution in [0.3, 0.4) is 0 Å². The van der Waals surface area contributed by atoms with E-state index in [1.54, 1.807) is 12.1 Å². The number of hydrogen-bond donors (Lipinski definition) is 3. The molecule has 0 aliphatic heterocycles. The highest BCUT2D eigenvalue weighted by atomic mass is 16.3. The average molecular weight is 316 g/mol. The van der Waals surface area contributed by atoms with Gasteiger partial charge in [-0.1, -0.05) is 40.7 Å². The summed E-state index contributed by atoms with van der Waals surface area (Å²) in [6.45, 7) is 10.8. The number of phenolic OH excluding ortho intramolecular Hbond substituents is 1. The molecule has 124 valence electrons. The van der Waals surface area contributed by atoms with Crippen molar-refractivity contribution < 1.29 is 9.90 Å². The molecule has 0 saturated heterocycles. The van der Waals surface area contributed by atoms with Gasteiger partial charge in [0.15, 0.2) is 0 Å². The van der Waals surface area contributed by atoms with Gasteiger partial charge in [-0.25, -0.2) is 4.98 Å². The molecule has 1 aromatic heterocycles. The molecular formula is C17H24N4O2. The molecule has 6 nitrogen and oxygen atoms in total. The van der Waals surface area contributed by atoms with Gasteiger partial charge in [0, 0.05) is 0 Å². The molecule has 0 bridgehead atoms. The molecule has 1 heterocycles. The number of phenols is 1. The molecule has 0 aliphatic rings. The van der Waals surface area contributed by atoms with Gasteiger partial charge in [0.25, 0.3) is 5.91 Å². The number of nitrogens with zero attached hydrogens (tertiary/aromatic N) is 2. The first-order valence-corrected chi connectivity index (χ1v) is 7.59. The fourth-order valence-electron chi connectivity index (χ4n) is 3.00. The Morgan fingerprint density at radius 1 is 1.26 bits per heavy atom. The number of H-pyrrole nitrogens is 1. The summed E-state index contributed by atoms with van der Waals surface area (Å²) in [5.74, 6) is -0.322. The minimum Gasteiger partial charge on any atom is -0.507 e. The fraction of sp³-hybridized carbons (Fsp3) is 0.471. The number of aromatic nitrogens is 3. The van der Waals surface area contributed by atoms with Crippen molar-refractivity contribution in [2.45, 2.75) is 46.5 Å². The van der Waals surface area contributed by atoms with E-state index in [1.807, 2.05) is 6.07 Å². The number of nitrogens with one attached hydrogen (secondary N) is 2. The van der Waals surface area contributed by atoms with Crippen molar-refractivity contribution in [3.63, 3.8) is 0 Å². The van der Waals surface area contributed by atoms with E-state index >= 15 is 0 Å². The molecule has 0 spiro atoms. The van der Waals surface area contributed by atoms with Crippen LogP contribution < -0.4 is 5.32 Å². The van der Waals surface area contributed by atoms with Gasteiger partial charge in [-0.05, 0) is 34.9 Å². The second-order valence-electron chi connectivity index (χ2n) is 7.63. The van der Waals surface area contributed by atoms with Crippen LogP contribution >= 0.6 is 0 Å². The Balaban J connectivity index is 2.30. The summed E-state index contributed by atoms with van der Waals surface area (Å²) in [7, 11) is 0. The summed E-state index contributed by atoms with van der Waals surface area (Å²) in [5, 5.41) is 18.9. The molecule has 2 aromatic rings. The molecule has 0 fully saturated rings. The Labute approximate surface area is 136 Å². The summed E-state index contributed by atoms with van der Waals surface area (Å²) < 4.78 is 0. The summed E-state index contributed by atoms with van der Waals surface area (Å²) >= 11 is 0. The van der Waals surface area contributed by atoms with Crippen LogP contribution in [-0.2, 0) is 5.41 Å². The lowest BCUT2D eigenvalue weighted by Crippen LogP contribution is -2.25. The third kappa shape index (κ3) is 4.31. The van der Waals surface area contributed by atoms with Gasteiger partial charge in [0.1, 0.15) is 12.1 Å². The second-order valence-corrected chi connectivity index (χ2v) is 7.63. The second kappa shape index (κ2) is 6.02. The monoisotopic (exact) mass is 316 g/mol. The Bertz CT molecular complexity index is 685. The fourth-order valence-corrected chi connectivity index (χ4v) is 3.00. The SMILES string of the molecule is CC(C)(C)CC(C)(C)c1ccc(O)c(C(=O)Nc2nc[nH]n2)c1. The molecule has 23 heavy (non-hydrogen) atoms. The van der Waals surface area contributed by atoms with Gasteiger partial charge in [-0.2, -0.15) is 0 Å². The Kier molecular flexibility index (Phi) is 4.45. The lowest BCUT2D eigenvalue weighted by Gasteiger charge is -2.33. The zero-order chi connectivity index (χ0) is 17.3. The smallest absolute Gasteiger partial charge is 0.261 e. The average Bonchev–Trinajstić information content (AvgIpc) is 2.88. The number of aromatic hydroxyl groups is 1. The molecule has 0 atom stereocenters. The van der Waals surface area contributed by atoms with Gasteiger partial charge >= 0.3 is 0 Å². The summed E-state index contributed by atoms with van der Waals surface area (Å²) in [4.78, 5) is 16.2. The molecule has 3 N–H and O–H groups in total. The van der Waals surface area contributed by atoms with Crippen LogP contribution in [0.1, 0.15) is 57.0 Å². The first kappa shape index (κ1) is 17.0. The molecule has 1 amide bonds. The van der Waals surface area contributed by atoms with Crippen molar-refractivity contribution in [3.05, 3.63) is 35.7 Å². The lowest BCUT2D eigenvalue weighted by molar-refractivity contribution is 0.102. The maximum Gasteiger partial charge on any atom is 0.261 e. The highest BCUT2D eigenvalue weighted by Gasteiger charge is 2.28. The Morgan fingerprint density at radius 3 is 2.52 bits per heavy atom.